The minimum atomic E-state index is -0.128. The van der Waals surface area contributed by atoms with Gasteiger partial charge in [0.25, 0.3) is 0 Å². The van der Waals surface area contributed by atoms with Crippen molar-refractivity contribution in [3.05, 3.63) is 17.5 Å². The molecule has 2 aliphatic rings. The lowest BCUT2D eigenvalue weighted by molar-refractivity contribution is 0.0527. The van der Waals surface area contributed by atoms with E-state index in [2.05, 4.69) is 41.9 Å². The molecule has 20 heavy (non-hydrogen) atoms. The molecule has 0 unspecified atom stereocenters. The van der Waals surface area contributed by atoms with Crippen LogP contribution in [0.25, 0.3) is 0 Å². The molecule has 0 aromatic carbocycles. The standard InChI is InChI=1S/C15H26N4O/c1-4-19-8-13(12(3)16-19)7-17-9-14-5-15(20)10-18(14)6-11(17)2/h8,11,14-15,20H,4-7,9-10H2,1-3H3/t11-,14+,15+/m0/s1. The van der Waals surface area contributed by atoms with E-state index in [-0.39, 0.29) is 6.10 Å². The number of aliphatic hydroxyl groups is 1. The molecular formula is C15H26N4O. The van der Waals surface area contributed by atoms with Gasteiger partial charge in [0.1, 0.15) is 0 Å². The molecule has 0 amide bonds. The van der Waals surface area contributed by atoms with Gasteiger partial charge in [0, 0.05) is 56.6 Å². The van der Waals surface area contributed by atoms with Crippen LogP contribution in [0.15, 0.2) is 6.20 Å². The molecule has 3 atom stereocenters. The normalized spacial score (nSPS) is 31.7. The zero-order valence-electron chi connectivity index (χ0n) is 12.8. The van der Waals surface area contributed by atoms with Crippen molar-refractivity contribution in [1.82, 2.24) is 19.6 Å². The number of aryl methyl sites for hydroxylation is 2. The van der Waals surface area contributed by atoms with Crippen LogP contribution in [0.4, 0.5) is 0 Å². The molecule has 0 bridgehead atoms. The summed E-state index contributed by atoms with van der Waals surface area (Å²) in [6.07, 6.45) is 2.98. The summed E-state index contributed by atoms with van der Waals surface area (Å²) in [6, 6.07) is 1.07. The fourth-order valence-corrected chi connectivity index (χ4v) is 3.59. The van der Waals surface area contributed by atoms with E-state index in [0.29, 0.717) is 12.1 Å². The Hall–Kier alpha value is -0.910. The van der Waals surface area contributed by atoms with E-state index >= 15 is 0 Å². The summed E-state index contributed by atoms with van der Waals surface area (Å²) < 4.78 is 2.02. The number of aliphatic hydroxyl groups excluding tert-OH is 1. The first-order chi connectivity index (χ1) is 9.56. The van der Waals surface area contributed by atoms with E-state index in [1.165, 1.54) is 5.56 Å². The number of aromatic nitrogens is 2. The van der Waals surface area contributed by atoms with E-state index in [9.17, 15) is 5.11 Å². The molecular weight excluding hydrogens is 252 g/mol. The van der Waals surface area contributed by atoms with Crippen molar-refractivity contribution in [3.63, 3.8) is 0 Å². The smallest absolute Gasteiger partial charge is 0.0682 e. The average Bonchev–Trinajstić information content (AvgIpc) is 2.92. The molecule has 0 spiro atoms. The van der Waals surface area contributed by atoms with Crippen molar-refractivity contribution < 1.29 is 5.11 Å². The number of hydrogen-bond donors (Lipinski definition) is 1. The van der Waals surface area contributed by atoms with Crippen LogP contribution in [0.2, 0.25) is 0 Å². The van der Waals surface area contributed by atoms with Crippen LogP contribution in [-0.4, -0.2) is 62.5 Å². The second-order valence-corrected chi connectivity index (χ2v) is 6.37. The summed E-state index contributed by atoms with van der Waals surface area (Å²) in [5, 5.41) is 14.4. The second-order valence-electron chi connectivity index (χ2n) is 6.37. The molecule has 5 nitrogen and oxygen atoms in total. The highest BCUT2D eigenvalue weighted by atomic mass is 16.3. The van der Waals surface area contributed by atoms with Gasteiger partial charge in [0.15, 0.2) is 0 Å². The highest BCUT2D eigenvalue weighted by Crippen LogP contribution is 2.26. The fourth-order valence-electron chi connectivity index (χ4n) is 3.59. The van der Waals surface area contributed by atoms with Crippen LogP contribution in [0.3, 0.4) is 0 Å². The lowest BCUT2D eigenvalue weighted by atomic mass is 10.1. The van der Waals surface area contributed by atoms with Crippen LogP contribution in [0, 0.1) is 6.92 Å². The highest BCUT2D eigenvalue weighted by molar-refractivity contribution is 5.16. The molecule has 2 fully saturated rings. The van der Waals surface area contributed by atoms with Crippen molar-refractivity contribution in [2.24, 2.45) is 0 Å². The zero-order valence-corrected chi connectivity index (χ0v) is 12.8. The van der Waals surface area contributed by atoms with Gasteiger partial charge >= 0.3 is 0 Å². The Bertz CT molecular complexity index is 472. The Balaban J connectivity index is 1.69. The SMILES string of the molecule is CCn1cc(CN2C[C@H]3C[C@@H](O)CN3C[C@@H]2C)c(C)n1. The topological polar surface area (TPSA) is 44.5 Å². The molecule has 112 valence electrons. The summed E-state index contributed by atoms with van der Waals surface area (Å²) in [6.45, 7) is 11.4. The van der Waals surface area contributed by atoms with Crippen LogP contribution in [0.1, 0.15) is 31.5 Å². The van der Waals surface area contributed by atoms with Crippen molar-refractivity contribution in [2.45, 2.75) is 58.5 Å². The van der Waals surface area contributed by atoms with E-state index in [0.717, 1.165) is 44.8 Å². The van der Waals surface area contributed by atoms with Gasteiger partial charge in [0.2, 0.25) is 0 Å². The zero-order chi connectivity index (χ0) is 14.3. The van der Waals surface area contributed by atoms with Crippen LogP contribution in [0.5, 0.6) is 0 Å². The lowest BCUT2D eigenvalue weighted by Crippen LogP contribution is -2.54. The first kappa shape index (κ1) is 14.0. The molecule has 1 aromatic heterocycles. The monoisotopic (exact) mass is 278 g/mol. The van der Waals surface area contributed by atoms with E-state index < -0.39 is 0 Å². The number of hydrogen-bond acceptors (Lipinski definition) is 4. The van der Waals surface area contributed by atoms with Crippen LogP contribution in [-0.2, 0) is 13.1 Å². The molecule has 2 aliphatic heterocycles. The van der Waals surface area contributed by atoms with E-state index in [4.69, 9.17) is 0 Å². The fraction of sp³-hybridized carbons (Fsp3) is 0.800. The molecule has 1 aromatic rings. The first-order valence-electron chi connectivity index (χ1n) is 7.76. The van der Waals surface area contributed by atoms with Gasteiger partial charge in [0.05, 0.1) is 11.8 Å². The van der Waals surface area contributed by atoms with Gasteiger partial charge in [-0.05, 0) is 27.2 Å². The quantitative estimate of drug-likeness (QED) is 0.890. The largest absolute Gasteiger partial charge is 0.392 e. The number of fused-ring (bicyclic) bond motifs is 1. The third-order valence-electron chi connectivity index (χ3n) is 4.82. The number of rotatable bonds is 3. The van der Waals surface area contributed by atoms with E-state index in [1.54, 1.807) is 0 Å². The summed E-state index contributed by atoms with van der Waals surface area (Å²) in [4.78, 5) is 5.00. The third-order valence-corrected chi connectivity index (χ3v) is 4.82. The third kappa shape index (κ3) is 2.62. The number of piperazine rings is 1. The second kappa shape index (κ2) is 5.47. The maximum Gasteiger partial charge on any atom is 0.0682 e. The van der Waals surface area contributed by atoms with Crippen molar-refractivity contribution in [2.75, 3.05) is 19.6 Å². The van der Waals surface area contributed by atoms with Gasteiger partial charge in [-0.1, -0.05) is 0 Å². The maximum absolute atomic E-state index is 9.83. The van der Waals surface area contributed by atoms with Crippen molar-refractivity contribution >= 4 is 0 Å². The summed E-state index contributed by atoms with van der Waals surface area (Å²) in [5.74, 6) is 0. The summed E-state index contributed by atoms with van der Waals surface area (Å²) >= 11 is 0. The first-order valence-corrected chi connectivity index (χ1v) is 7.76. The molecule has 2 saturated heterocycles. The van der Waals surface area contributed by atoms with Crippen LogP contribution >= 0.6 is 0 Å². The van der Waals surface area contributed by atoms with Crippen LogP contribution < -0.4 is 0 Å². The lowest BCUT2D eigenvalue weighted by Gasteiger charge is -2.42. The minimum absolute atomic E-state index is 0.128. The Morgan fingerprint density at radius 3 is 2.85 bits per heavy atom. The molecule has 3 rings (SSSR count). The van der Waals surface area contributed by atoms with Gasteiger partial charge in [-0.2, -0.15) is 5.10 Å². The predicted octanol–water partition coefficient (Wildman–Crippen LogP) is 0.851. The molecule has 0 radical (unpaired) electrons. The average molecular weight is 278 g/mol. The van der Waals surface area contributed by atoms with Gasteiger partial charge in [-0.15, -0.1) is 0 Å². The number of nitrogens with zero attached hydrogens (tertiary/aromatic N) is 4. The maximum atomic E-state index is 9.83. The predicted molar refractivity (Wildman–Crippen MR) is 78.5 cm³/mol. The molecule has 0 aliphatic carbocycles. The molecule has 1 N–H and O–H groups in total. The van der Waals surface area contributed by atoms with Gasteiger partial charge < -0.3 is 5.11 Å². The molecule has 5 heteroatoms. The van der Waals surface area contributed by atoms with E-state index in [1.807, 2.05) is 4.68 Å². The molecule has 0 saturated carbocycles. The Kier molecular flexibility index (Phi) is 3.84. The minimum Gasteiger partial charge on any atom is -0.392 e. The van der Waals surface area contributed by atoms with Gasteiger partial charge in [-0.25, -0.2) is 0 Å². The Morgan fingerprint density at radius 2 is 2.15 bits per heavy atom. The summed E-state index contributed by atoms with van der Waals surface area (Å²) in [7, 11) is 0. The molecule has 3 heterocycles. The Labute approximate surface area is 121 Å². The Morgan fingerprint density at radius 1 is 1.35 bits per heavy atom. The van der Waals surface area contributed by atoms with Crippen molar-refractivity contribution in [1.29, 1.82) is 0 Å². The van der Waals surface area contributed by atoms with Crippen molar-refractivity contribution in [3.8, 4) is 0 Å². The highest BCUT2D eigenvalue weighted by Gasteiger charge is 2.38. The van der Waals surface area contributed by atoms with Gasteiger partial charge in [-0.3, -0.25) is 14.5 Å². The summed E-state index contributed by atoms with van der Waals surface area (Å²) in [5.41, 5.74) is 2.48.